The van der Waals surface area contributed by atoms with Crippen LogP contribution in [0, 0.1) is 11.3 Å². The van der Waals surface area contributed by atoms with Crippen molar-refractivity contribution in [3.05, 3.63) is 11.6 Å². The number of carbonyl (C=O) groups is 1. The van der Waals surface area contributed by atoms with Gasteiger partial charge in [0.05, 0.1) is 6.54 Å². The number of hydrogen-bond acceptors (Lipinski definition) is 6. The minimum Gasteiger partial charge on any atom is -0.398 e. The molecule has 0 radical (unpaired) electrons. The first-order chi connectivity index (χ1) is 7.67. The first-order valence-corrected chi connectivity index (χ1v) is 4.81. The third kappa shape index (κ3) is 3.37. The third-order valence-corrected chi connectivity index (χ3v) is 1.97. The normalized spacial score (nSPS) is 17.3. The Labute approximate surface area is 93.7 Å². The summed E-state index contributed by atoms with van der Waals surface area (Å²) in [7, 11) is 1.38. The summed E-state index contributed by atoms with van der Waals surface area (Å²) in [6.07, 6.45) is 2.59. The average molecular weight is 223 g/mol. The van der Waals surface area contributed by atoms with Crippen molar-refractivity contribution in [1.82, 2.24) is 5.06 Å². The van der Waals surface area contributed by atoms with Crippen LogP contribution in [0.3, 0.4) is 0 Å². The standard InChI is InChI=1S/C10H13N3O3/c1-8(14)16-13-5-3-4-9(7-13)10(6-11)12-15-2/h4H,3,5,7H2,1-2H3/b12-10-. The molecule has 0 aromatic rings. The molecule has 0 saturated carbocycles. The van der Waals surface area contributed by atoms with Crippen molar-refractivity contribution in [2.24, 2.45) is 5.16 Å². The summed E-state index contributed by atoms with van der Waals surface area (Å²) < 4.78 is 0. The van der Waals surface area contributed by atoms with Gasteiger partial charge in [0.1, 0.15) is 13.2 Å². The highest BCUT2D eigenvalue weighted by atomic mass is 16.7. The van der Waals surface area contributed by atoms with Crippen LogP contribution in [0.25, 0.3) is 0 Å². The van der Waals surface area contributed by atoms with Gasteiger partial charge >= 0.3 is 5.97 Å². The third-order valence-electron chi connectivity index (χ3n) is 1.97. The lowest BCUT2D eigenvalue weighted by atomic mass is 10.1. The molecule has 1 aliphatic rings. The Hall–Kier alpha value is -1.87. The van der Waals surface area contributed by atoms with Crippen molar-refractivity contribution in [1.29, 1.82) is 5.26 Å². The monoisotopic (exact) mass is 223 g/mol. The zero-order valence-electron chi connectivity index (χ0n) is 9.27. The number of carbonyl (C=O) groups excluding carboxylic acids is 1. The van der Waals surface area contributed by atoms with Crippen LogP contribution in [0.4, 0.5) is 0 Å². The highest BCUT2D eigenvalue weighted by molar-refractivity contribution is 6.11. The Morgan fingerprint density at radius 1 is 1.69 bits per heavy atom. The van der Waals surface area contributed by atoms with Gasteiger partial charge in [0.25, 0.3) is 0 Å². The zero-order chi connectivity index (χ0) is 12.0. The Bertz CT molecular complexity index is 368. The quantitative estimate of drug-likeness (QED) is 0.518. The van der Waals surface area contributed by atoms with Crippen molar-refractivity contribution in [2.75, 3.05) is 20.2 Å². The van der Waals surface area contributed by atoms with E-state index in [0.717, 1.165) is 0 Å². The molecule has 0 bridgehead atoms. The van der Waals surface area contributed by atoms with Crippen LogP contribution in [0.5, 0.6) is 0 Å². The van der Waals surface area contributed by atoms with Crippen molar-refractivity contribution in [3.63, 3.8) is 0 Å². The second-order valence-corrected chi connectivity index (χ2v) is 3.20. The van der Waals surface area contributed by atoms with Gasteiger partial charge in [0.15, 0.2) is 5.71 Å². The average Bonchev–Trinajstić information content (AvgIpc) is 2.25. The van der Waals surface area contributed by atoms with Crippen LogP contribution >= 0.6 is 0 Å². The maximum absolute atomic E-state index is 10.8. The molecule has 0 aromatic carbocycles. The molecule has 0 spiro atoms. The maximum Gasteiger partial charge on any atom is 0.322 e. The van der Waals surface area contributed by atoms with Gasteiger partial charge < -0.3 is 9.68 Å². The van der Waals surface area contributed by atoms with Crippen molar-refractivity contribution >= 4 is 11.7 Å². The minimum absolute atomic E-state index is 0.208. The van der Waals surface area contributed by atoms with Gasteiger partial charge in [-0.3, -0.25) is 4.79 Å². The molecule has 0 aromatic heterocycles. The lowest BCUT2D eigenvalue weighted by molar-refractivity contribution is -0.186. The van der Waals surface area contributed by atoms with Gasteiger partial charge in [-0.1, -0.05) is 11.2 Å². The number of nitrogens with zero attached hydrogens (tertiary/aromatic N) is 3. The van der Waals surface area contributed by atoms with E-state index in [2.05, 4.69) is 9.99 Å². The van der Waals surface area contributed by atoms with Gasteiger partial charge in [0.2, 0.25) is 0 Å². The maximum atomic E-state index is 10.8. The molecule has 6 heteroatoms. The van der Waals surface area contributed by atoms with E-state index in [0.29, 0.717) is 25.1 Å². The molecule has 1 aliphatic heterocycles. The number of rotatable bonds is 3. The Morgan fingerprint density at radius 2 is 2.44 bits per heavy atom. The fourth-order valence-corrected chi connectivity index (χ4v) is 1.39. The summed E-state index contributed by atoms with van der Waals surface area (Å²) in [5.41, 5.74) is 0.913. The number of hydrogen-bond donors (Lipinski definition) is 0. The van der Waals surface area contributed by atoms with Gasteiger partial charge in [-0.25, -0.2) is 0 Å². The molecule has 0 N–H and O–H groups in total. The highest BCUT2D eigenvalue weighted by Gasteiger charge is 2.19. The topological polar surface area (TPSA) is 74.9 Å². The van der Waals surface area contributed by atoms with Crippen molar-refractivity contribution in [2.45, 2.75) is 13.3 Å². The molecule has 6 nitrogen and oxygen atoms in total. The molecular weight excluding hydrogens is 210 g/mol. The van der Waals surface area contributed by atoms with E-state index in [4.69, 9.17) is 10.1 Å². The predicted molar refractivity (Wildman–Crippen MR) is 56.1 cm³/mol. The lowest BCUT2D eigenvalue weighted by Gasteiger charge is -2.24. The van der Waals surface area contributed by atoms with Gasteiger partial charge in [0, 0.05) is 19.0 Å². The molecule has 0 aliphatic carbocycles. The molecule has 0 atom stereocenters. The smallest absolute Gasteiger partial charge is 0.322 e. The minimum atomic E-state index is -0.372. The van der Waals surface area contributed by atoms with E-state index >= 15 is 0 Å². The molecular formula is C10H13N3O3. The Kier molecular flexibility index (Phi) is 4.48. The molecule has 86 valence electrons. The van der Waals surface area contributed by atoms with Crippen molar-refractivity contribution in [3.8, 4) is 6.07 Å². The summed E-state index contributed by atoms with van der Waals surface area (Å²) in [5, 5.41) is 13.9. The molecule has 0 amide bonds. The number of nitriles is 1. The Morgan fingerprint density at radius 3 is 3.00 bits per heavy atom. The van der Waals surface area contributed by atoms with Crippen LogP contribution in [0.15, 0.2) is 16.8 Å². The summed E-state index contributed by atoms with van der Waals surface area (Å²) >= 11 is 0. The van der Waals surface area contributed by atoms with E-state index in [-0.39, 0.29) is 11.7 Å². The molecule has 0 saturated heterocycles. The highest BCUT2D eigenvalue weighted by Crippen LogP contribution is 2.11. The van der Waals surface area contributed by atoms with Crippen LogP contribution in [-0.4, -0.2) is 36.9 Å². The van der Waals surface area contributed by atoms with Crippen molar-refractivity contribution < 1.29 is 14.5 Å². The summed E-state index contributed by atoms with van der Waals surface area (Å²) in [6.45, 7) is 2.32. The van der Waals surface area contributed by atoms with E-state index in [1.165, 1.54) is 19.1 Å². The van der Waals surface area contributed by atoms with E-state index < -0.39 is 0 Å². The van der Waals surface area contributed by atoms with Gasteiger partial charge in [-0.2, -0.15) is 5.26 Å². The first kappa shape index (κ1) is 12.2. The SMILES string of the molecule is CO/N=C(/C#N)C1=CCCN(OC(C)=O)C1. The fourth-order valence-electron chi connectivity index (χ4n) is 1.39. The second kappa shape index (κ2) is 5.88. The first-order valence-electron chi connectivity index (χ1n) is 4.81. The summed E-state index contributed by atoms with van der Waals surface area (Å²) in [5.74, 6) is -0.372. The van der Waals surface area contributed by atoms with Gasteiger partial charge in [-0.05, 0) is 6.42 Å². The zero-order valence-corrected chi connectivity index (χ0v) is 9.27. The largest absolute Gasteiger partial charge is 0.398 e. The molecule has 1 rings (SSSR count). The lowest BCUT2D eigenvalue weighted by Crippen LogP contribution is -2.33. The van der Waals surface area contributed by atoms with E-state index in [9.17, 15) is 4.79 Å². The van der Waals surface area contributed by atoms with Crippen LogP contribution < -0.4 is 0 Å². The van der Waals surface area contributed by atoms with E-state index in [1.54, 1.807) is 0 Å². The molecule has 16 heavy (non-hydrogen) atoms. The fraction of sp³-hybridized carbons (Fsp3) is 0.500. The number of oxime groups is 1. The number of hydroxylamine groups is 2. The van der Waals surface area contributed by atoms with Crippen LogP contribution in [0.1, 0.15) is 13.3 Å². The molecule has 1 heterocycles. The predicted octanol–water partition coefficient (Wildman–Crippen LogP) is 0.623. The summed E-state index contributed by atoms with van der Waals surface area (Å²) in [4.78, 5) is 20.3. The van der Waals surface area contributed by atoms with Gasteiger partial charge in [-0.15, -0.1) is 5.06 Å². The second-order valence-electron chi connectivity index (χ2n) is 3.20. The summed E-state index contributed by atoms with van der Waals surface area (Å²) in [6, 6.07) is 1.94. The molecule has 0 unspecified atom stereocenters. The molecule has 0 fully saturated rings. The van der Waals surface area contributed by atoms with Crippen LogP contribution in [0.2, 0.25) is 0 Å². The van der Waals surface area contributed by atoms with Crippen LogP contribution in [-0.2, 0) is 14.5 Å². The Balaban J connectivity index is 2.69. The van der Waals surface area contributed by atoms with E-state index in [1.807, 2.05) is 12.1 Å².